The number of nitrogens with zero attached hydrogens (tertiary/aromatic N) is 1. The first kappa shape index (κ1) is 32.6. The fourth-order valence-corrected chi connectivity index (χ4v) is 4.32. The standard InChI is InChI=1S/C28H47N3O5S/c1-9-11-12-17-29-24(33)23(20-14-13-15-21(32)19-20)31(28(6,7)10-2)25(34)22(16-18-37-8)30-26(35)36-27(3,4)5/h13-15,19,22-23,32H,9-12,16-18H2,1-8H3,(H,29,33)(H,30,35). The van der Waals surface area contributed by atoms with Gasteiger partial charge in [-0.25, -0.2) is 4.79 Å². The van der Waals surface area contributed by atoms with Crippen molar-refractivity contribution in [2.45, 2.75) is 104 Å². The van der Waals surface area contributed by atoms with Gasteiger partial charge in [0.05, 0.1) is 0 Å². The topological polar surface area (TPSA) is 108 Å². The molecular formula is C28H47N3O5S. The molecule has 0 heterocycles. The number of phenols is 1. The van der Waals surface area contributed by atoms with E-state index in [2.05, 4.69) is 17.6 Å². The van der Waals surface area contributed by atoms with Crippen molar-refractivity contribution in [3.8, 4) is 5.75 Å². The summed E-state index contributed by atoms with van der Waals surface area (Å²) < 4.78 is 5.43. The van der Waals surface area contributed by atoms with E-state index in [9.17, 15) is 19.5 Å². The lowest BCUT2D eigenvalue weighted by Gasteiger charge is -2.44. The highest BCUT2D eigenvalue weighted by Crippen LogP contribution is 2.33. The predicted octanol–water partition coefficient (Wildman–Crippen LogP) is 5.40. The summed E-state index contributed by atoms with van der Waals surface area (Å²) in [5, 5.41) is 16.0. The first-order chi connectivity index (χ1) is 17.3. The molecule has 0 aliphatic heterocycles. The van der Waals surface area contributed by atoms with E-state index in [-0.39, 0.29) is 17.6 Å². The number of alkyl carbamates (subject to hydrolysis) is 1. The Hall–Kier alpha value is -2.42. The Morgan fingerprint density at radius 3 is 2.32 bits per heavy atom. The Morgan fingerprint density at radius 1 is 1.11 bits per heavy atom. The van der Waals surface area contributed by atoms with E-state index in [4.69, 9.17) is 4.74 Å². The number of ether oxygens (including phenoxy) is 1. The molecule has 3 N–H and O–H groups in total. The van der Waals surface area contributed by atoms with Crippen molar-refractivity contribution in [3.05, 3.63) is 29.8 Å². The van der Waals surface area contributed by atoms with Gasteiger partial charge in [0.25, 0.3) is 0 Å². The molecule has 210 valence electrons. The monoisotopic (exact) mass is 537 g/mol. The van der Waals surface area contributed by atoms with E-state index in [1.54, 1.807) is 49.6 Å². The van der Waals surface area contributed by atoms with Crippen LogP contribution in [-0.2, 0) is 14.3 Å². The van der Waals surface area contributed by atoms with Crippen LogP contribution in [0.2, 0.25) is 0 Å². The van der Waals surface area contributed by atoms with Crippen LogP contribution in [0.15, 0.2) is 24.3 Å². The number of carbonyl (C=O) groups is 3. The number of benzene rings is 1. The van der Waals surface area contributed by atoms with Crippen molar-refractivity contribution in [1.82, 2.24) is 15.5 Å². The Kier molecular flexibility index (Phi) is 13.3. The molecule has 1 aromatic rings. The number of hydrogen-bond donors (Lipinski definition) is 3. The van der Waals surface area contributed by atoms with Gasteiger partial charge in [0.1, 0.15) is 23.4 Å². The number of nitrogens with one attached hydrogen (secondary N) is 2. The molecule has 9 heteroatoms. The molecule has 0 spiro atoms. The highest BCUT2D eigenvalue weighted by Gasteiger charge is 2.43. The zero-order valence-corrected chi connectivity index (χ0v) is 24.7. The maximum atomic E-state index is 14.2. The average Bonchev–Trinajstić information content (AvgIpc) is 2.81. The molecule has 0 aromatic heterocycles. The summed E-state index contributed by atoms with van der Waals surface area (Å²) in [5.74, 6) is -0.0536. The van der Waals surface area contributed by atoms with Crippen molar-refractivity contribution < 1.29 is 24.2 Å². The first-order valence-corrected chi connectivity index (χ1v) is 14.5. The zero-order valence-electron chi connectivity index (χ0n) is 23.8. The summed E-state index contributed by atoms with van der Waals surface area (Å²) in [6, 6.07) is 4.56. The second kappa shape index (κ2) is 15.1. The van der Waals surface area contributed by atoms with Crippen molar-refractivity contribution in [3.63, 3.8) is 0 Å². The number of aromatic hydroxyl groups is 1. The summed E-state index contributed by atoms with van der Waals surface area (Å²) in [6.07, 6.45) is 5.03. The van der Waals surface area contributed by atoms with Crippen LogP contribution in [0.1, 0.15) is 92.2 Å². The Labute approximate surface area is 227 Å². The number of thioether (sulfide) groups is 1. The van der Waals surface area contributed by atoms with E-state index < -0.39 is 29.3 Å². The van der Waals surface area contributed by atoms with Gasteiger partial charge in [-0.3, -0.25) is 9.59 Å². The molecule has 0 bridgehead atoms. The molecule has 0 aliphatic rings. The lowest BCUT2D eigenvalue weighted by Crippen LogP contribution is -2.59. The van der Waals surface area contributed by atoms with Crippen molar-refractivity contribution >= 4 is 29.7 Å². The Bertz CT molecular complexity index is 885. The van der Waals surface area contributed by atoms with Gasteiger partial charge < -0.3 is 25.4 Å². The SMILES string of the molecule is CCCCCNC(=O)C(c1cccc(O)c1)N(C(=O)C(CCSC)NC(=O)OC(C)(C)C)C(C)(C)CC. The third kappa shape index (κ3) is 10.8. The van der Waals surface area contributed by atoms with Gasteiger partial charge >= 0.3 is 6.09 Å². The molecule has 0 aliphatic carbocycles. The first-order valence-electron chi connectivity index (χ1n) is 13.2. The number of phenolic OH excluding ortho intramolecular Hbond substituents is 1. The molecule has 1 rings (SSSR count). The number of rotatable bonds is 14. The van der Waals surface area contributed by atoms with Crippen molar-refractivity contribution in [2.75, 3.05) is 18.6 Å². The van der Waals surface area contributed by atoms with Gasteiger partial charge in [-0.05, 0) is 83.6 Å². The van der Waals surface area contributed by atoms with Gasteiger partial charge in [0.15, 0.2) is 0 Å². The fraction of sp³-hybridized carbons (Fsp3) is 0.679. The predicted molar refractivity (Wildman–Crippen MR) is 151 cm³/mol. The molecular weight excluding hydrogens is 490 g/mol. The van der Waals surface area contributed by atoms with E-state index in [0.717, 1.165) is 19.3 Å². The van der Waals surface area contributed by atoms with Crippen LogP contribution in [0.4, 0.5) is 4.79 Å². The van der Waals surface area contributed by atoms with Gasteiger partial charge in [-0.15, -0.1) is 0 Å². The second-order valence-corrected chi connectivity index (χ2v) is 11.8. The van der Waals surface area contributed by atoms with Crippen LogP contribution in [0.25, 0.3) is 0 Å². The lowest BCUT2D eigenvalue weighted by molar-refractivity contribution is -0.149. The van der Waals surface area contributed by atoms with E-state index >= 15 is 0 Å². The van der Waals surface area contributed by atoms with E-state index in [0.29, 0.717) is 30.7 Å². The van der Waals surface area contributed by atoms with Crippen LogP contribution in [0, 0.1) is 0 Å². The summed E-state index contributed by atoms with van der Waals surface area (Å²) in [4.78, 5) is 42.2. The maximum absolute atomic E-state index is 14.2. The number of hydrogen-bond acceptors (Lipinski definition) is 6. The Balaban J connectivity index is 3.53. The van der Waals surface area contributed by atoms with Crippen molar-refractivity contribution in [1.29, 1.82) is 0 Å². The molecule has 0 saturated heterocycles. The molecule has 3 amide bonds. The molecule has 0 saturated carbocycles. The maximum Gasteiger partial charge on any atom is 0.408 e. The van der Waals surface area contributed by atoms with Crippen LogP contribution in [-0.4, -0.2) is 63.6 Å². The smallest absolute Gasteiger partial charge is 0.408 e. The highest BCUT2D eigenvalue weighted by molar-refractivity contribution is 7.98. The largest absolute Gasteiger partial charge is 0.508 e. The zero-order chi connectivity index (χ0) is 28.2. The summed E-state index contributed by atoms with van der Waals surface area (Å²) in [6.45, 7) is 13.6. The molecule has 2 atom stereocenters. The van der Waals surface area contributed by atoms with Crippen LogP contribution >= 0.6 is 11.8 Å². The van der Waals surface area contributed by atoms with Crippen LogP contribution < -0.4 is 10.6 Å². The molecule has 37 heavy (non-hydrogen) atoms. The molecule has 0 radical (unpaired) electrons. The Morgan fingerprint density at radius 2 is 1.78 bits per heavy atom. The second-order valence-electron chi connectivity index (χ2n) is 10.9. The lowest BCUT2D eigenvalue weighted by atomic mass is 9.91. The van der Waals surface area contributed by atoms with Gasteiger partial charge in [0.2, 0.25) is 11.8 Å². The van der Waals surface area contributed by atoms with Gasteiger partial charge in [-0.1, -0.05) is 38.8 Å². The summed E-state index contributed by atoms with van der Waals surface area (Å²) >= 11 is 1.57. The quantitative estimate of drug-likeness (QED) is 0.274. The third-order valence-electron chi connectivity index (χ3n) is 6.13. The van der Waals surface area contributed by atoms with Gasteiger partial charge in [-0.2, -0.15) is 11.8 Å². The summed E-state index contributed by atoms with van der Waals surface area (Å²) in [5.41, 5.74) is -0.952. The number of amides is 3. The number of unbranched alkanes of at least 4 members (excludes halogenated alkanes) is 2. The molecule has 0 fully saturated rings. The number of carbonyl (C=O) groups excluding carboxylic acids is 3. The molecule has 8 nitrogen and oxygen atoms in total. The molecule has 1 aromatic carbocycles. The fourth-order valence-electron chi connectivity index (χ4n) is 3.85. The highest BCUT2D eigenvalue weighted by atomic mass is 32.2. The van der Waals surface area contributed by atoms with Crippen molar-refractivity contribution in [2.24, 2.45) is 0 Å². The summed E-state index contributed by atoms with van der Waals surface area (Å²) in [7, 11) is 0. The van der Waals surface area contributed by atoms with E-state index in [1.165, 1.54) is 12.1 Å². The van der Waals surface area contributed by atoms with E-state index in [1.807, 2.05) is 27.0 Å². The average molecular weight is 538 g/mol. The van der Waals surface area contributed by atoms with Crippen LogP contribution in [0.5, 0.6) is 5.75 Å². The normalized spacial score (nSPS) is 13.4. The minimum Gasteiger partial charge on any atom is -0.508 e. The minimum absolute atomic E-state index is 0.00815. The minimum atomic E-state index is -0.992. The van der Waals surface area contributed by atoms with Gasteiger partial charge in [0, 0.05) is 12.1 Å². The molecule has 2 unspecified atom stereocenters. The van der Waals surface area contributed by atoms with Crippen LogP contribution in [0.3, 0.4) is 0 Å². The third-order valence-corrected chi connectivity index (χ3v) is 6.77.